The topological polar surface area (TPSA) is 67.9 Å². The number of nitrogens with zero attached hydrogens (tertiary/aromatic N) is 1. The van der Waals surface area contributed by atoms with Crippen LogP contribution in [0.15, 0.2) is 47.4 Å². The number of hydrogen-bond donors (Lipinski definition) is 2. The molecule has 1 N–H and O–H groups in total. The number of carbonyl (C=O) groups excluding carboxylic acids is 2. The van der Waals surface area contributed by atoms with Gasteiger partial charge in [-0.3, -0.25) is 9.59 Å². The van der Waals surface area contributed by atoms with Gasteiger partial charge < -0.3 is 19.7 Å². The van der Waals surface area contributed by atoms with E-state index in [-0.39, 0.29) is 17.9 Å². The summed E-state index contributed by atoms with van der Waals surface area (Å²) in [5.74, 6) is 1.37. The minimum Gasteiger partial charge on any atom is -0.493 e. The Bertz CT molecular complexity index is 895. The fourth-order valence-electron chi connectivity index (χ4n) is 3.65. The Morgan fingerprint density at radius 3 is 2.43 bits per heavy atom. The maximum Gasteiger partial charge on any atom is 0.252 e. The standard InChI is InChI=1S/C23H28N2O4S/c1-28-19-9-7-16(15-20(19)29-2)8-10-22(26)25-13-11-17(12-14-25)24-23(27)18-5-3-4-6-21(18)30/h3-7,9,15,17,30H,8,10-14H2,1-2H3,(H,24,27). The molecule has 1 aliphatic rings. The smallest absolute Gasteiger partial charge is 0.252 e. The molecule has 160 valence electrons. The summed E-state index contributed by atoms with van der Waals surface area (Å²) in [6.45, 7) is 1.30. The highest BCUT2D eigenvalue weighted by Crippen LogP contribution is 2.28. The molecule has 0 atom stereocenters. The van der Waals surface area contributed by atoms with Crippen LogP contribution in [0.4, 0.5) is 0 Å². The van der Waals surface area contributed by atoms with Gasteiger partial charge in [-0.1, -0.05) is 18.2 Å². The van der Waals surface area contributed by atoms with E-state index in [1.165, 1.54) is 0 Å². The van der Waals surface area contributed by atoms with Crippen molar-refractivity contribution in [2.75, 3.05) is 27.3 Å². The van der Waals surface area contributed by atoms with Crippen LogP contribution in [0.3, 0.4) is 0 Å². The van der Waals surface area contributed by atoms with Crippen molar-refractivity contribution in [1.82, 2.24) is 10.2 Å². The van der Waals surface area contributed by atoms with Gasteiger partial charge in [0.1, 0.15) is 0 Å². The van der Waals surface area contributed by atoms with Crippen LogP contribution in [0.1, 0.15) is 35.2 Å². The molecule has 3 rings (SSSR count). The molecule has 30 heavy (non-hydrogen) atoms. The lowest BCUT2D eigenvalue weighted by atomic mass is 10.0. The molecule has 0 aromatic heterocycles. The summed E-state index contributed by atoms with van der Waals surface area (Å²) in [7, 11) is 3.20. The second-order valence-electron chi connectivity index (χ2n) is 7.34. The lowest BCUT2D eigenvalue weighted by Crippen LogP contribution is -2.46. The van der Waals surface area contributed by atoms with E-state index in [9.17, 15) is 9.59 Å². The maximum absolute atomic E-state index is 12.6. The van der Waals surface area contributed by atoms with Gasteiger partial charge in [-0.25, -0.2) is 0 Å². The lowest BCUT2D eigenvalue weighted by molar-refractivity contribution is -0.132. The highest BCUT2D eigenvalue weighted by atomic mass is 32.1. The van der Waals surface area contributed by atoms with Crippen LogP contribution in [0.5, 0.6) is 11.5 Å². The van der Waals surface area contributed by atoms with Crippen LogP contribution in [0, 0.1) is 0 Å². The molecule has 1 fully saturated rings. The first-order chi connectivity index (χ1) is 14.5. The Labute approximate surface area is 183 Å². The van der Waals surface area contributed by atoms with E-state index in [1.807, 2.05) is 35.2 Å². The summed E-state index contributed by atoms with van der Waals surface area (Å²) in [6.07, 6.45) is 2.60. The Balaban J connectivity index is 1.46. The molecule has 2 aromatic rings. The van der Waals surface area contributed by atoms with Gasteiger partial charge >= 0.3 is 0 Å². The monoisotopic (exact) mass is 428 g/mol. The van der Waals surface area contributed by atoms with Gasteiger partial charge in [-0.2, -0.15) is 0 Å². The molecule has 2 aromatic carbocycles. The molecule has 6 nitrogen and oxygen atoms in total. The first-order valence-corrected chi connectivity index (χ1v) is 10.5. The molecule has 0 radical (unpaired) electrons. The fourth-order valence-corrected chi connectivity index (χ4v) is 3.91. The number of aryl methyl sites for hydroxylation is 1. The third kappa shape index (κ3) is 5.48. The predicted octanol–water partition coefficient (Wildman–Crippen LogP) is 3.35. The molecule has 1 heterocycles. The van der Waals surface area contributed by atoms with Crippen LogP contribution in [-0.4, -0.2) is 50.1 Å². The van der Waals surface area contributed by atoms with Crippen molar-refractivity contribution >= 4 is 24.4 Å². The van der Waals surface area contributed by atoms with Gasteiger partial charge in [0.15, 0.2) is 11.5 Å². The number of carbonyl (C=O) groups is 2. The molecule has 0 aliphatic carbocycles. The number of hydrogen-bond acceptors (Lipinski definition) is 5. The van der Waals surface area contributed by atoms with Gasteiger partial charge in [0.2, 0.25) is 5.91 Å². The van der Waals surface area contributed by atoms with Gasteiger partial charge in [-0.15, -0.1) is 12.6 Å². The SMILES string of the molecule is COc1ccc(CCC(=O)N2CCC(NC(=O)c3ccccc3S)CC2)cc1OC. The molecule has 0 unspecified atom stereocenters. The van der Waals surface area contributed by atoms with Crippen molar-refractivity contribution in [3.05, 3.63) is 53.6 Å². The summed E-state index contributed by atoms with van der Waals surface area (Å²) in [5, 5.41) is 3.07. The Morgan fingerprint density at radius 1 is 1.07 bits per heavy atom. The maximum atomic E-state index is 12.6. The molecular weight excluding hydrogens is 400 g/mol. The van der Waals surface area contributed by atoms with E-state index in [1.54, 1.807) is 26.4 Å². The van der Waals surface area contributed by atoms with Crippen LogP contribution in [0.2, 0.25) is 0 Å². The van der Waals surface area contributed by atoms with Gasteiger partial charge in [-0.05, 0) is 49.1 Å². The molecule has 1 saturated heterocycles. The second kappa shape index (κ2) is 10.4. The highest BCUT2D eigenvalue weighted by molar-refractivity contribution is 7.80. The number of piperidine rings is 1. The van der Waals surface area contributed by atoms with Crippen LogP contribution in [0.25, 0.3) is 0 Å². The first kappa shape index (κ1) is 22.0. The first-order valence-electron chi connectivity index (χ1n) is 10.1. The van der Waals surface area contributed by atoms with Crippen molar-refractivity contribution < 1.29 is 19.1 Å². The number of likely N-dealkylation sites (tertiary alicyclic amines) is 1. The minimum absolute atomic E-state index is 0.0698. The third-order valence-corrected chi connectivity index (χ3v) is 5.80. The number of methoxy groups -OCH3 is 2. The highest BCUT2D eigenvalue weighted by Gasteiger charge is 2.24. The van der Waals surface area contributed by atoms with Crippen molar-refractivity contribution in [2.45, 2.75) is 36.6 Å². The number of nitrogens with one attached hydrogen (secondary N) is 1. The van der Waals surface area contributed by atoms with E-state index in [0.717, 1.165) is 18.4 Å². The molecule has 1 aliphatic heterocycles. The zero-order valence-corrected chi connectivity index (χ0v) is 18.3. The summed E-state index contributed by atoms with van der Waals surface area (Å²) in [5.41, 5.74) is 1.61. The van der Waals surface area contributed by atoms with Crippen molar-refractivity contribution in [3.8, 4) is 11.5 Å². The Kier molecular flexibility index (Phi) is 7.63. The zero-order chi connectivity index (χ0) is 21.5. The van der Waals surface area contributed by atoms with Crippen LogP contribution in [-0.2, 0) is 11.2 Å². The molecule has 0 spiro atoms. The molecular formula is C23H28N2O4S. The van der Waals surface area contributed by atoms with E-state index >= 15 is 0 Å². The van der Waals surface area contributed by atoms with E-state index in [4.69, 9.17) is 9.47 Å². The Morgan fingerprint density at radius 2 is 1.77 bits per heavy atom. The second-order valence-corrected chi connectivity index (χ2v) is 7.82. The van der Waals surface area contributed by atoms with Gasteiger partial charge in [0.25, 0.3) is 5.91 Å². The van der Waals surface area contributed by atoms with E-state index < -0.39 is 0 Å². The predicted molar refractivity (Wildman–Crippen MR) is 119 cm³/mol. The number of benzene rings is 2. The van der Waals surface area contributed by atoms with Crippen LogP contribution >= 0.6 is 12.6 Å². The average molecular weight is 429 g/mol. The summed E-state index contributed by atoms with van der Waals surface area (Å²) >= 11 is 4.34. The normalized spacial score (nSPS) is 14.3. The van der Waals surface area contributed by atoms with Crippen LogP contribution < -0.4 is 14.8 Å². The molecule has 2 amide bonds. The number of amides is 2. The third-order valence-electron chi connectivity index (χ3n) is 5.41. The number of thiol groups is 1. The quantitative estimate of drug-likeness (QED) is 0.664. The van der Waals surface area contributed by atoms with Gasteiger partial charge in [0, 0.05) is 30.4 Å². The number of ether oxygens (including phenoxy) is 2. The largest absolute Gasteiger partial charge is 0.493 e. The molecule has 7 heteroatoms. The summed E-state index contributed by atoms with van der Waals surface area (Å²) in [6, 6.07) is 13.0. The fraction of sp³-hybridized carbons (Fsp3) is 0.391. The minimum atomic E-state index is -0.112. The van der Waals surface area contributed by atoms with Crippen molar-refractivity contribution in [3.63, 3.8) is 0 Å². The zero-order valence-electron chi connectivity index (χ0n) is 17.4. The average Bonchev–Trinajstić information content (AvgIpc) is 2.78. The van der Waals surface area contributed by atoms with Crippen molar-refractivity contribution in [2.24, 2.45) is 0 Å². The number of rotatable bonds is 7. The van der Waals surface area contributed by atoms with Gasteiger partial charge in [0.05, 0.1) is 19.8 Å². The lowest BCUT2D eigenvalue weighted by Gasteiger charge is -2.32. The van der Waals surface area contributed by atoms with Crippen molar-refractivity contribution in [1.29, 1.82) is 0 Å². The Hall–Kier alpha value is -2.67. The summed E-state index contributed by atoms with van der Waals surface area (Å²) in [4.78, 5) is 27.6. The summed E-state index contributed by atoms with van der Waals surface area (Å²) < 4.78 is 10.6. The van der Waals surface area contributed by atoms with E-state index in [0.29, 0.717) is 47.9 Å². The molecule has 0 saturated carbocycles. The molecule has 0 bridgehead atoms. The van der Waals surface area contributed by atoms with E-state index in [2.05, 4.69) is 17.9 Å².